The third-order valence-corrected chi connectivity index (χ3v) is 7.26. The fourth-order valence-electron chi connectivity index (χ4n) is 2.96. The maximum absolute atomic E-state index is 13.1. The van der Waals surface area contributed by atoms with E-state index in [1.165, 1.54) is 25.3 Å². The Labute approximate surface area is 189 Å². The molecule has 0 aliphatic rings. The van der Waals surface area contributed by atoms with Crippen LogP contribution in [0.5, 0.6) is 0 Å². The van der Waals surface area contributed by atoms with E-state index >= 15 is 0 Å². The topological polar surface area (TPSA) is 89.0 Å². The first-order valence-electron chi connectivity index (χ1n) is 8.65. The fourth-order valence-corrected chi connectivity index (χ4v) is 6.01. The van der Waals surface area contributed by atoms with Gasteiger partial charge in [-0.25, -0.2) is 18.4 Å². The van der Waals surface area contributed by atoms with Crippen molar-refractivity contribution in [2.75, 3.05) is 5.32 Å². The summed E-state index contributed by atoms with van der Waals surface area (Å²) in [5.74, 6) is -0.314. The molecule has 3 aromatic rings. The van der Waals surface area contributed by atoms with Crippen molar-refractivity contribution in [3.05, 3.63) is 69.1 Å². The van der Waals surface area contributed by atoms with Crippen LogP contribution in [0.15, 0.2) is 47.6 Å². The fraction of sp³-hybridized carbons (Fsp3) is 0.150. The molecule has 0 saturated carbocycles. The van der Waals surface area contributed by atoms with Crippen LogP contribution in [0.25, 0.3) is 11.1 Å². The predicted octanol–water partition coefficient (Wildman–Crippen LogP) is 5.34. The van der Waals surface area contributed by atoms with Gasteiger partial charge in [-0.05, 0) is 42.3 Å². The number of nitrogens with one attached hydrogen (secondary N) is 1. The molecule has 0 spiro atoms. The second-order valence-electron chi connectivity index (χ2n) is 6.49. The van der Waals surface area contributed by atoms with Gasteiger partial charge in [0.05, 0.1) is 15.8 Å². The molecule has 10 heteroatoms. The van der Waals surface area contributed by atoms with Crippen LogP contribution in [0, 0.1) is 6.92 Å². The minimum atomic E-state index is -3.90. The summed E-state index contributed by atoms with van der Waals surface area (Å²) in [5, 5.41) is 2.75. The smallest absolute Gasteiger partial charge is 0.222 e. The van der Waals surface area contributed by atoms with Crippen LogP contribution in [0.1, 0.15) is 18.1 Å². The molecule has 0 fully saturated rings. The molecule has 3 rings (SSSR count). The number of carbonyl (C=O) groups is 1. The Morgan fingerprint density at radius 2 is 1.77 bits per heavy atom. The molecular formula is C20H16Cl3N3O3S. The number of benzene rings is 1. The number of nitrogens with zero attached hydrogens (tertiary/aromatic N) is 2. The standard InChI is InChI=1S/C20H16Cl3N3O3S/c1-11-14(13-6-7-24-18(8-13)26-12(2)27)9-25-20(23)15(11)10-30(28,29)19-16(21)4-3-5-17(19)22/h3-9H,10H2,1-2H3,(H,24,26,27). The zero-order valence-electron chi connectivity index (χ0n) is 15.9. The molecule has 1 aromatic carbocycles. The molecule has 0 aliphatic heterocycles. The SMILES string of the molecule is CC(=O)Nc1cc(-c2cnc(Cl)c(CS(=O)(=O)c3c(Cl)cccc3Cl)c2C)ccn1. The zero-order chi connectivity index (χ0) is 22.1. The van der Waals surface area contributed by atoms with Crippen molar-refractivity contribution in [2.24, 2.45) is 0 Å². The van der Waals surface area contributed by atoms with Gasteiger partial charge in [0.15, 0.2) is 9.84 Å². The molecule has 0 bridgehead atoms. The first-order valence-corrected chi connectivity index (χ1v) is 11.4. The summed E-state index contributed by atoms with van der Waals surface area (Å²) < 4.78 is 26.1. The average molecular weight is 485 g/mol. The summed E-state index contributed by atoms with van der Waals surface area (Å²) in [7, 11) is -3.90. The lowest BCUT2D eigenvalue weighted by Gasteiger charge is -2.15. The number of hydrogen-bond donors (Lipinski definition) is 1. The number of rotatable bonds is 5. The highest BCUT2D eigenvalue weighted by Gasteiger charge is 2.25. The molecule has 30 heavy (non-hydrogen) atoms. The molecule has 1 N–H and O–H groups in total. The van der Waals surface area contributed by atoms with Gasteiger partial charge in [0.1, 0.15) is 15.9 Å². The Balaban J connectivity index is 2.07. The van der Waals surface area contributed by atoms with Crippen molar-refractivity contribution in [1.29, 1.82) is 0 Å². The van der Waals surface area contributed by atoms with E-state index in [-0.39, 0.29) is 26.0 Å². The molecular weight excluding hydrogens is 469 g/mol. The van der Waals surface area contributed by atoms with Crippen molar-refractivity contribution in [3.8, 4) is 11.1 Å². The van der Waals surface area contributed by atoms with Crippen LogP contribution in [0.3, 0.4) is 0 Å². The Morgan fingerprint density at radius 1 is 1.10 bits per heavy atom. The first-order chi connectivity index (χ1) is 14.1. The zero-order valence-corrected chi connectivity index (χ0v) is 19.0. The normalized spacial score (nSPS) is 11.4. The maximum atomic E-state index is 13.1. The first kappa shape index (κ1) is 22.5. The van der Waals surface area contributed by atoms with E-state index in [1.807, 2.05) is 0 Å². The number of hydrogen-bond acceptors (Lipinski definition) is 5. The second-order valence-corrected chi connectivity index (χ2v) is 9.59. The van der Waals surface area contributed by atoms with Gasteiger partial charge in [0.25, 0.3) is 0 Å². The highest BCUT2D eigenvalue weighted by Crippen LogP contribution is 2.35. The monoisotopic (exact) mass is 483 g/mol. The van der Waals surface area contributed by atoms with E-state index in [4.69, 9.17) is 34.8 Å². The molecule has 0 saturated heterocycles. The lowest BCUT2D eigenvalue weighted by molar-refractivity contribution is -0.114. The Bertz CT molecular complexity index is 1230. The van der Waals surface area contributed by atoms with Gasteiger partial charge < -0.3 is 5.32 Å². The summed E-state index contributed by atoms with van der Waals surface area (Å²) in [6.07, 6.45) is 3.08. The van der Waals surface area contributed by atoms with Gasteiger partial charge in [-0.2, -0.15) is 0 Å². The van der Waals surface area contributed by atoms with Gasteiger partial charge in [-0.1, -0.05) is 40.9 Å². The number of carbonyl (C=O) groups excluding carboxylic acids is 1. The van der Waals surface area contributed by atoms with Crippen molar-refractivity contribution in [3.63, 3.8) is 0 Å². The van der Waals surface area contributed by atoms with Gasteiger partial charge in [0.2, 0.25) is 5.91 Å². The van der Waals surface area contributed by atoms with E-state index in [2.05, 4.69) is 15.3 Å². The van der Waals surface area contributed by atoms with Crippen LogP contribution in [0.4, 0.5) is 5.82 Å². The van der Waals surface area contributed by atoms with Crippen LogP contribution >= 0.6 is 34.8 Å². The molecule has 0 aliphatic carbocycles. The van der Waals surface area contributed by atoms with Gasteiger partial charge in [-0.15, -0.1) is 0 Å². The Kier molecular flexibility index (Phi) is 6.67. The van der Waals surface area contributed by atoms with Gasteiger partial charge in [0, 0.05) is 30.4 Å². The average Bonchev–Trinajstić information content (AvgIpc) is 2.64. The van der Waals surface area contributed by atoms with E-state index in [0.29, 0.717) is 28.1 Å². The van der Waals surface area contributed by atoms with E-state index in [9.17, 15) is 13.2 Å². The minimum absolute atomic E-state index is 0.0365. The largest absolute Gasteiger partial charge is 0.311 e. The van der Waals surface area contributed by atoms with Crippen LogP contribution < -0.4 is 5.32 Å². The number of sulfone groups is 1. The second kappa shape index (κ2) is 8.89. The van der Waals surface area contributed by atoms with E-state index in [0.717, 1.165) is 0 Å². The minimum Gasteiger partial charge on any atom is -0.311 e. The van der Waals surface area contributed by atoms with Crippen LogP contribution in [-0.2, 0) is 20.4 Å². The van der Waals surface area contributed by atoms with Crippen molar-refractivity contribution < 1.29 is 13.2 Å². The summed E-state index contributed by atoms with van der Waals surface area (Å²) in [6, 6.07) is 7.89. The number of aromatic nitrogens is 2. The summed E-state index contributed by atoms with van der Waals surface area (Å²) in [5.41, 5.74) is 2.32. The molecule has 2 heterocycles. The van der Waals surface area contributed by atoms with Gasteiger partial charge in [-0.3, -0.25) is 4.79 Å². The molecule has 6 nitrogen and oxygen atoms in total. The Hall–Kier alpha value is -2.19. The number of pyridine rings is 2. The number of halogens is 3. The molecule has 0 atom stereocenters. The Morgan fingerprint density at radius 3 is 2.40 bits per heavy atom. The summed E-state index contributed by atoms with van der Waals surface area (Å²) in [6.45, 7) is 3.13. The maximum Gasteiger partial charge on any atom is 0.222 e. The lowest BCUT2D eigenvalue weighted by atomic mass is 10.0. The third-order valence-electron chi connectivity index (χ3n) is 4.35. The molecule has 0 unspecified atom stereocenters. The van der Waals surface area contributed by atoms with Crippen molar-refractivity contribution >= 4 is 56.4 Å². The molecule has 1 amide bonds. The highest BCUT2D eigenvalue weighted by atomic mass is 35.5. The van der Waals surface area contributed by atoms with Crippen LogP contribution in [-0.4, -0.2) is 24.3 Å². The predicted molar refractivity (Wildman–Crippen MR) is 119 cm³/mol. The lowest BCUT2D eigenvalue weighted by Crippen LogP contribution is -2.10. The molecule has 2 aromatic heterocycles. The third kappa shape index (κ3) is 4.75. The van der Waals surface area contributed by atoms with E-state index < -0.39 is 15.6 Å². The summed E-state index contributed by atoms with van der Waals surface area (Å²) >= 11 is 18.4. The highest BCUT2D eigenvalue weighted by molar-refractivity contribution is 7.91. The van der Waals surface area contributed by atoms with Gasteiger partial charge >= 0.3 is 0 Å². The quantitative estimate of drug-likeness (QED) is 0.493. The van der Waals surface area contributed by atoms with Crippen molar-refractivity contribution in [2.45, 2.75) is 24.5 Å². The summed E-state index contributed by atoms with van der Waals surface area (Å²) in [4.78, 5) is 19.4. The number of amides is 1. The van der Waals surface area contributed by atoms with Crippen LogP contribution in [0.2, 0.25) is 15.2 Å². The molecule has 0 radical (unpaired) electrons. The van der Waals surface area contributed by atoms with E-state index in [1.54, 1.807) is 31.3 Å². The van der Waals surface area contributed by atoms with Crippen molar-refractivity contribution in [1.82, 2.24) is 9.97 Å². The number of anilines is 1. The molecule has 156 valence electrons.